The van der Waals surface area contributed by atoms with Gasteiger partial charge in [0.15, 0.2) is 0 Å². The first kappa shape index (κ1) is 19.7. The van der Waals surface area contributed by atoms with Crippen LogP contribution in [0.5, 0.6) is 0 Å². The third-order valence-corrected chi connectivity index (χ3v) is 6.69. The zero-order valence-electron chi connectivity index (χ0n) is 17.6. The van der Waals surface area contributed by atoms with E-state index >= 15 is 0 Å². The number of nitrogens with zero attached hydrogens (tertiary/aromatic N) is 7. The lowest BCUT2D eigenvalue weighted by molar-refractivity contribution is 0.431. The number of hydrogen-bond acceptors (Lipinski definition) is 6. The maximum Gasteiger partial charge on any atom is 0.103 e. The van der Waals surface area contributed by atoms with Crippen LogP contribution < -0.4 is 4.90 Å². The Morgan fingerprint density at radius 1 is 0.935 bits per heavy atom. The fraction of sp³-hybridized carbons (Fsp3) is 0.261. The highest BCUT2D eigenvalue weighted by atomic mass is 32.2. The molecule has 1 aliphatic rings. The lowest BCUT2D eigenvalue weighted by Crippen LogP contribution is -2.43. The summed E-state index contributed by atoms with van der Waals surface area (Å²) >= 11 is 1.82. The predicted molar refractivity (Wildman–Crippen MR) is 125 cm³/mol. The second-order valence-electron chi connectivity index (χ2n) is 7.65. The van der Waals surface area contributed by atoms with Gasteiger partial charge in [-0.3, -0.25) is 4.68 Å². The van der Waals surface area contributed by atoms with E-state index in [1.54, 1.807) is 15.4 Å². The maximum atomic E-state index is 9.61. The zero-order chi connectivity index (χ0) is 21.4. The Morgan fingerprint density at radius 3 is 2.35 bits per heavy atom. The average molecular weight is 430 g/mol. The van der Waals surface area contributed by atoms with E-state index in [-0.39, 0.29) is 0 Å². The molecule has 0 amide bonds. The normalized spacial score (nSPS) is 14.8. The summed E-state index contributed by atoms with van der Waals surface area (Å²) in [5.74, 6) is 0. The molecule has 3 aromatic heterocycles. The first-order chi connectivity index (χ1) is 15.2. The number of rotatable bonds is 4. The van der Waals surface area contributed by atoms with Crippen molar-refractivity contribution >= 4 is 23.2 Å². The van der Waals surface area contributed by atoms with E-state index in [1.165, 1.54) is 5.69 Å². The van der Waals surface area contributed by atoms with Gasteiger partial charge in [-0.05, 0) is 30.0 Å². The smallest absolute Gasteiger partial charge is 0.103 e. The fourth-order valence-corrected chi connectivity index (χ4v) is 4.66. The Kier molecular flexibility index (Phi) is 5.14. The highest BCUT2D eigenvalue weighted by Gasteiger charge is 2.18. The van der Waals surface area contributed by atoms with Crippen LogP contribution in [0.3, 0.4) is 0 Å². The van der Waals surface area contributed by atoms with E-state index in [9.17, 15) is 5.26 Å². The number of aromatic nitrogens is 4. The van der Waals surface area contributed by atoms with Gasteiger partial charge in [-0.15, -0.1) is 0 Å². The number of pyridine rings is 1. The van der Waals surface area contributed by atoms with Crippen molar-refractivity contribution in [2.75, 3.05) is 37.3 Å². The Hall–Kier alpha value is -3.28. The lowest BCUT2D eigenvalue weighted by Gasteiger charge is -2.34. The number of anilines is 1. The van der Waals surface area contributed by atoms with Crippen molar-refractivity contribution in [3.05, 3.63) is 60.7 Å². The molecule has 5 rings (SSSR count). The molecule has 156 valence electrons. The molecule has 0 aliphatic carbocycles. The minimum Gasteiger partial charge on any atom is -0.369 e. The third-order valence-electron chi connectivity index (χ3n) is 5.81. The Labute approximate surface area is 185 Å². The van der Waals surface area contributed by atoms with Gasteiger partial charge in [0.05, 0.1) is 23.5 Å². The summed E-state index contributed by atoms with van der Waals surface area (Å²) < 4.78 is 5.98. The number of fused-ring (bicyclic) bond motifs is 1. The molecule has 31 heavy (non-hydrogen) atoms. The summed E-state index contributed by atoms with van der Waals surface area (Å²) in [5, 5.41) is 18.3. The summed E-state index contributed by atoms with van der Waals surface area (Å²) in [7, 11) is 1.91. The molecule has 0 spiro atoms. The summed E-state index contributed by atoms with van der Waals surface area (Å²) in [6.07, 6.45) is 9.55. The summed E-state index contributed by atoms with van der Waals surface area (Å²) in [4.78, 5) is 2.43. The number of piperazine rings is 1. The average Bonchev–Trinajstić information content (AvgIpc) is 3.44. The number of hydrogen-bond donors (Lipinski definition) is 0. The maximum absolute atomic E-state index is 9.61. The van der Waals surface area contributed by atoms with Crippen molar-refractivity contribution < 1.29 is 0 Å². The molecule has 7 nitrogen and oxygen atoms in total. The van der Waals surface area contributed by atoms with Gasteiger partial charge in [0.1, 0.15) is 6.07 Å². The minimum atomic E-state index is 0.574. The number of aryl methyl sites for hydroxylation is 1. The SMILES string of the molecule is CSN1CCN(c2ccc(-c3cc(-c4cnn(C)c4)cn4ncc(C#N)c34)cc2)CC1. The van der Waals surface area contributed by atoms with E-state index in [4.69, 9.17) is 0 Å². The van der Waals surface area contributed by atoms with Crippen molar-refractivity contribution in [2.45, 2.75) is 0 Å². The molecule has 1 saturated heterocycles. The van der Waals surface area contributed by atoms with Crippen LogP contribution in [-0.4, -0.2) is 56.1 Å². The van der Waals surface area contributed by atoms with Crippen LogP contribution >= 0.6 is 11.9 Å². The topological polar surface area (TPSA) is 65.4 Å². The molecule has 0 radical (unpaired) electrons. The molecular formula is C23H23N7S. The second kappa shape index (κ2) is 8.10. The zero-order valence-corrected chi connectivity index (χ0v) is 18.4. The highest BCUT2D eigenvalue weighted by Crippen LogP contribution is 2.33. The molecule has 4 heterocycles. The fourth-order valence-electron chi connectivity index (χ4n) is 4.13. The largest absolute Gasteiger partial charge is 0.369 e. The van der Waals surface area contributed by atoms with Crippen LogP contribution in [0, 0.1) is 11.3 Å². The monoisotopic (exact) mass is 429 g/mol. The molecule has 1 fully saturated rings. The van der Waals surface area contributed by atoms with Crippen LogP contribution in [0.1, 0.15) is 5.56 Å². The minimum absolute atomic E-state index is 0.574. The van der Waals surface area contributed by atoms with Gasteiger partial charge < -0.3 is 4.90 Å². The molecule has 0 bridgehead atoms. The van der Waals surface area contributed by atoms with E-state index in [0.29, 0.717) is 5.56 Å². The van der Waals surface area contributed by atoms with Crippen molar-refractivity contribution in [3.8, 4) is 28.3 Å². The van der Waals surface area contributed by atoms with E-state index in [1.807, 2.05) is 37.6 Å². The molecule has 1 aromatic carbocycles. The Morgan fingerprint density at radius 2 is 1.71 bits per heavy atom. The summed E-state index contributed by atoms with van der Waals surface area (Å²) in [6.45, 7) is 4.19. The van der Waals surface area contributed by atoms with Crippen LogP contribution in [0.2, 0.25) is 0 Å². The van der Waals surface area contributed by atoms with Crippen molar-refractivity contribution in [2.24, 2.45) is 7.05 Å². The standard InChI is InChI=1S/C23H23N7S/c1-27-15-20(14-25-27)18-11-22(23-19(12-24)13-26-30(23)16-18)17-3-5-21(6-4-17)28-7-9-29(31-2)10-8-28/h3-6,11,13-16H,7-10H2,1-2H3. The van der Waals surface area contributed by atoms with Crippen molar-refractivity contribution in [1.82, 2.24) is 23.7 Å². The van der Waals surface area contributed by atoms with Gasteiger partial charge in [0, 0.05) is 68.0 Å². The van der Waals surface area contributed by atoms with Gasteiger partial charge >= 0.3 is 0 Å². The molecule has 0 unspecified atom stereocenters. The van der Waals surface area contributed by atoms with Gasteiger partial charge in [-0.25, -0.2) is 8.82 Å². The van der Waals surface area contributed by atoms with Crippen LogP contribution in [0.25, 0.3) is 27.8 Å². The number of nitriles is 1. The summed E-state index contributed by atoms with van der Waals surface area (Å²) in [5.41, 5.74) is 6.73. The quantitative estimate of drug-likeness (QED) is 0.461. The van der Waals surface area contributed by atoms with E-state index in [0.717, 1.165) is 53.9 Å². The van der Waals surface area contributed by atoms with Gasteiger partial charge in [-0.2, -0.15) is 15.5 Å². The van der Waals surface area contributed by atoms with Crippen molar-refractivity contribution in [1.29, 1.82) is 5.26 Å². The van der Waals surface area contributed by atoms with Crippen molar-refractivity contribution in [3.63, 3.8) is 0 Å². The van der Waals surface area contributed by atoms with Gasteiger partial charge in [0.2, 0.25) is 0 Å². The van der Waals surface area contributed by atoms with Gasteiger partial charge in [-0.1, -0.05) is 24.1 Å². The molecule has 8 heteroatoms. The van der Waals surface area contributed by atoms with E-state index in [2.05, 4.69) is 62.1 Å². The molecule has 0 saturated carbocycles. The molecule has 1 aliphatic heterocycles. The Bertz CT molecular complexity index is 1260. The third kappa shape index (κ3) is 3.67. The first-order valence-electron chi connectivity index (χ1n) is 10.2. The molecule has 0 N–H and O–H groups in total. The van der Waals surface area contributed by atoms with Crippen LogP contribution in [-0.2, 0) is 7.05 Å². The van der Waals surface area contributed by atoms with E-state index < -0.39 is 0 Å². The molecular weight excluding hydrogens is 406 g/mol. The molecule has 0 atom stereocenters. The highest BCUT2D eigenvalue weighted by molar-refractivity contribution is 7.96. The molecule has 4 aromatic rings. The Balaban J connectivity index is 1.54. The first-order valence-corrected chi connectivity index (χ1v) is 11.4. The van der Waals surface area contributed by atoms with Gasteiger partial charge in [0.25, 0.3) is 0 Å². The van der Waals surface area contributed by atoms with Crippen LogP contribution in [0.4, 0.5) is 5.69 Å². The second-order valence-corrected chi connectivity index (χ2v) is 8.54. The van der Waals surface area contributed by atoms with Crippen LogP contribution in [0.15, 0.2) is 55.1 Å². The summed E-state index contributed by atoms with van der Waals surface area (Å²) in [6, 6.07) is 13.1. The predicted octanol–water partition coefficient (Wildman–Crippen LogP) is 3.67. The number of benzene rings is 1. The lowest BCUT2D eigenvalue weighted by atomic mass is 9.99.